The number of carbonyl (C=O) groups is 1. The maximum atomic E-state index is 13.0. The summed E-state index contributed by atoms with van der Waals surface area (Å²) in [6, 6.07) is 18.5. The van der Waals surface area contributed by atoms with Gasteiger partial charge < -0.3 is 4.90 Å². The van der Waals surface area contributed by atoms with Gasteiger partial charge in [0.2, 0.25) is 5.91 Å². The molecule has 0 spiro atoms. The predicted octanol–water partition coefficient (Wildman–Crippen LogP) is 4.80. The quantitative estimate of drug-likeness (QED) is 0.611. The monoisotopic (exact) mass is 379 g/mol. The van der Waals surface area contributed by atoms with Crippen molar-refractivity contribution in [3.63, 3.8) is 0 Å². The lowest BCUT2D eigenvalue weighted by atomic mass is 9.97. The molecule has 1 aromatic heterocycles. The fraction of sp³-hybridized carbons (Fsp3) is 0.304. The van der Waals surface area contributed by atoms with E-state index in [-0.39, 0.29) is 17.6 Å². The van der Waals surface area contributed by atoms with Gasteiger partial charge in [0.25, 0.3) is 0 Å². The van der Waals surface area contributed by atoms with Crippen molar-refractivity contribution in [3.05, 3.63) is 77.7 Å². The zero-order valence-corrected chi connectivity index (χ0v) is 16.4. The summed E-state index contributed by atoms with van der Waals surface area (Å²) in [5.74, 6) is -0.0865. The number of nitrogens with one attached hydrogen (secondary N) is 1. The smallest absolute Gasteiger partial charge is 0.222 e. The number of rotatable bonds is 8. The molecule has 3 rings (SSSR count). The summed E-state index contributed by atoms with van der Waals surface area (Å²) < 4.78 is 13.0. The molecule has 4 nitrogen and oxygen atoms in total. The van der Waals surface area contributed by atoms with Crippen LogP contribution in [-0.4, -0.2) is 34.6 Å². The van der Waals surface area contributed by atoms with Crippen molar-refractivity contribution in [3.8, 4) is 11.3 Å². The van der Waals surface area contributed by atoms with Crippen LogP contribution in [0.2, 0.25) is 0 Å². The Morgan fingerprint density at radius 1 is 1.14 bits per heavy atom. The van der Waals surface area contributed by atoms with Crippen LogP contribution in [-0.2, 0) is 11.2 Å². The number of carbonyl (C=O) groups excluding carboxylic acids is 1. The van der Waals surface area contributed by atoms with Crippen molar-refractivity contribution < 1.29 is 9.18 Å². The number of amides is 1. The van der Waals surface area contributed by atoms with E-state index in [1.807, 2.05) is 44.3 Å². The molecular formula is C23H26FN3O. The average molecular weight is 379 g/mol. The normalized spacial score (nSPS) is 12.0. The van der Waals surface area contributed by atoms with Gasteiger partial charge >= 0.3 is 0 Å². The molecule has 0 saturated heterocycles. The van der Waals surface area contributed by atoms with E-state index in [4.69, 9.17) is 0 Å². The number of benzene rings is 2. The minimum atomic E-state index is -0.256. The summed E-state index contributed by atoms with van der Waals surface area (Å²) in [5, 5.41) is 7.45. The molecule has 1 amide bonds. The topological polar surface area (TPSA) is 49.0 Å². The molecule has 0 bridgehead atoms. The third-order valence-electron chi connectivity index (χ3n) is 4.99. The highest BCUT2D eigenvalue weighted by Crippen LogP contribution is 2.20. The van der Waals surface area contributed by atoms with Crippen LogP contribution in [0, 0.1) is 5.82 Å². The fourth-order valence-electron chi connectivity index (χ4n) is 3.20. The van der Waals surface area contributed by atoms with Crippen molar-refractivity contribution in [1.82, 2.24) is 15.1 Å². The highest BCUT2D eigenvalue weighted by molar-refractivity contribution is 5.76. The van der Waals surface area contributed by atoms with Gasteiger partial charge in [0.05, 0.1) is 5.69 Å². The zero-order chi connectivity index (χ0) is 19.9. The third kappa shape index (κ3) is 5.28. The molecule has 1 unspecified atom stereocenters. The van der Waals surface area contributed by atoms with E-state index in [9.17, 15) is 9.18 Å². The van der Waals surface area contributed by atoms with Crippen LogP contribution in [0.15, 0.2) is 60.7 Å². The van der Waals surface area contributed by atoms with Gasteiger partial charge in [-0.05, 0) is 42.5 Å². The molecule has 28 heavy (non-hydrogen) atoms. The van der Waals surface area contributed by atoms with Crippen LogP contribution in [0.3, 0.4) is 0 Å². The van der Waals surface area contributed by atoms with Crippen LogP contribution in [0.4, 0.5) is 4.39 Å². The first kappa shape index (κ1) is 19.8. The molecule has 1 N–H and O–H groups in total. The van der Waals surface area contributed by atoms with E-state index >= 15 is 0 Å². The van der Waals surface area contributed by atoms with E-state index < -0.39 is 0 Å². The second kappa shape index (κ2) is 9.31. The number of aromatic amines is 1. The number of hydrogen-bond acceptors (Lipinski definition) is 2. The Morgan fingerprint density at radius 3 is 2.57 bits per heavy atom. The highest BCUT2D eigenvalue weighted by atomic mass is 19.1. The fourth-order valence-corrected chi connectivity index (χ4v) is 3.20. The molecule has 2 aromatic carbocycles. The lowest BCUT2D eigenvalue weighted by Gasteiger charge is -2.19. The summed E-state index contributed by atoms with van der Waals surface area (Å²) >= 11 is 0. The number of halogens is 1. The van der Waals surface area contributed by atoms with Gasteiger partial charge in [0, 0.05) is 31.3 Å². The van der Waals surface area contributed by atoms with E-state index in [0.29, 0.717) is 13.0 Å². The van der Waals surface area contributed by atoms with Crippen LogP contribution < -0.4 is 0 Å². The molecule has 0 saturated carbocycles. The molecule has 0 aliphatic heterocycles. The second-order valence-corrected chi connectivity index (χ2v) is 7.22. The summed E-state index contributed by atoms with van der Waals surface area (Å²) in [5.41, 5.74) is 4.08. The Bertz CT molecular complexity index is 890. The van der Waals surface area contributed by atoms with E-state index in [0.717, 1.165) is 35.4 Å². The number of aryl methyl sites for hydroxylation is 1. The maximum absolute atomic E-state index is 13.0. The summed E-state index contributed by atoms with van der Waals surface area (Å²) in [4.78, 5) is 14.2. The number of hydrogen-bond donors (Lipinski definition) is 1. The molecule has 3 aromatic rings. The molecule has 0 aliphatic carbocycles. The SMILES string of the molecule is CC(CC(=O)N(C)CCCc1cc(-c2ccccc2)n[nH]1)c1ccc(F)cc1. The maximum Gasteiger partial charge on any atom is 0.222 e. The molecule has 0 aliphatic rings. The second-order valence-electron chi connectivity index (χ2n) is 7.22. The minimum absolute atomic E-state index is 0.0663. The van der Waals surface area contributed by atoms with E-state index in [2.05, 4.69) is 16.3 Å². The summed E-state index contributed by atoms with van der Waals surface area (Å²) in [6.07, 6.45) is 2.12. The zero-order valence-electron chi connectivity index (χ0n) is 16.4. The van der Waals surface area contributed by atoms with Crippen LogP contribution in [0.25, 0.3) is 11.3 Å². The van der Waals surface area contributed by atoms with Crippen molar-refractivity contribution in [2.24, 2.45) is 0 Å². The predicted molar refractivity (Wildman–Crippen MR) is 109 cm³/mol. The van der Waals surface area contributed by atoms with E-state index in [1.165, 1.54) is 12.1 Å². The number of nitrogens with zero attached hydrogens (tertiary/aromatic N) is 2. The average Bonchev–Trinajstić information content (AvgIpc) is 3.18. The first-order chi connectivity index (χ1) is 13.5. The molecular weight excluding hydrogens is 353 g/mol. The summed E-state index contributed by atoms with van der Waals surface area (Å²) in [6.45, 7) is 2.68. The van der Waals surface area contributed by atoms with Crippen LogP contribution >= 0.6 is 0 Å². The van der Waals surface area contributed by atoms with Crippen molar-refractivity contribution in [2.75, 3.05) is 13.6 Å². The first-order valence-corrected chi connectivity index (χ1v) is 9.62. The molecule has 0 fully saturated rings. The summed E-state index contributed by atoms with van der Waals surface area (Å²) in [7, 11) is 1.84. The Hall–Kier alpha value is -2.95. The molecule has 146 valence electrons. The van der Waals surface area contributed by atoms with Gasteiger partial charge in [-0.15, -0.1) is 0 Å². The minimum Gasteiger partial charge on any atom is -0.346 e. The van der Waals surface area contributed by atoms with Gasteiger partial charge in [-0.25, -0.2) is 4.39 Å². The van der Waals surface area contributed by atoms with Gasteiger partial charge in [0.1, 0.15) is 5.82 Å². The number of aromatic nitrogens is 2. The molecule has 1 heterocycles. The van der Waals surface area contributed by atoms with Crippen LogP contribution in [0.5, 0.6) is 0 Å². The number of H-pyrrole nitrogens is 1. The first-order valence-electron chi connectivity index (χ1n) is 9.62. The van der Waals surface area contributed by atoms with E-state index in [1.54, 1.807) is 17.0 Å². The Morgan fingerprint density at radius 2 is 1.86 bits per heavy atom. The van der Waals surface area contributed by atoms with Gasteiger partial charge in [0.15, 0.2) is 0 Å². The Kier molecular flexibility index (Phi) is 6.58. The van der Waals surface area contributed by atoms with Gasteiger partial charge in [-0.2, -0.15) is 5.10 Å². The van der Waals surface area contributed by atoms with Crippen LogP contribution in [0.1, 0.15) is 36.9 Å². The largest absolute Gasteiger partial charge is 0.346 e. The van der Waals surface area contributed by atoms with Crippen molar-refractivity contribution in [2.45, 2.75) is 32.1 Å². The van der Waals surface area contributed by atoms with Gasteiger partial charge in [-0.3, -0.25) is 9.89 Å². The van der Waals surface area contributed by atoms with Crippen molar-refractivity contribution >= 4 is 5.91 Å². The highest BCUT2D eigenvalue weighted by Gasteiger charge is 2.15. The lowest BCUT2D eigenvalue weighted by molar-refractivity contribution is -0.130. The standard InChI is InChI=1S/C23H26FN3O/c1-17(18-10-12-20(24)13-11-18)15-23(28)27(2)14-6-9-21-16-22(26-25-21)19-7-4-3-5-8-19/h3-5,7-8,10-13,16-17H,6,9,14-15H2,1-2H3,(H,25,26). The Labute approximate surface area is 165 Å². The van der Waals surface area contributed by atoms with Crippen molar-refractivity contribution in [1.29, 1.82) is 0 Å². The lowest BCUT2D eigenvalue weighted by Crippen LogP contribution is -2.29. The molecule has 1 atom stereocenters. The molecule has 0 radical (unpaired) electrons. The van der Waals surface area contributed by atoms with Gasteiger partial charge in [-0.1, -0.05) is 49.4 Å². The third-order valence-corrected chi connectivity index (χ3v) is 4.99. The molecule has 5 heteroatoms. The Balaban J connectivity index is 1.45.